The largest absolute Gasteiger partial charge is 0.345 e. The molecule has 5 nitrogen and oxygen atoms in total. The summed E-state index contributed by atoms with van der Waals surface area (Å²) in [6.45, 7) is 1.20. The highest BCUT2D eigenvalue weighted by Gasteiger charge is 2.34. The van der Waals surface area contributed by atoms with Crippen molar-refractivity contribution in [1.29, 1.82) is 0 Å². The molecule has 4 rings (SSSR count). The molecule has 2 aromatic carbocycles. The minimum absolute atomic E-state index is 0.000816. The molecule has 25 heavy (non-hydrogen) atoms. The number of H-pyrrole nitrogens is 1. The fourth-order valence-corrected chi connectivity index (χ4v) is 3.51. The van der Waals surface area contributed by atoms with E-state index in [2.05, 4.69) is 22.1 Å². The summed E-state index contributed by atoms with van der Waals surface area (Å²) in [7, 11) is 0. The first kappa shape index (κ1) is 15.6. The number of rotatable bonds is 3. The first-order chi connectivity index (χ1) is 12.2. The molecule has 5 heteroatoms. The predicted octanol–water partition coefficient (Wildman–Crippen LogP) is 2.64. The molecule has 0 aliphatic carbocycles. The minimum atomic E-state index is -0.0536. The maximum absolute atomic E-state index is 13.1. The van der Waals surface area contributed by atoms with Gasteiger partial charge in [0, 0.05) is 43.0 Å². The van der Waals surface area contributed by atoms with Crippen LogP contribution in [0, 0.1) is 0 Å². The number of nitrogens with zero attached hydrogens (tertiary/aromatic N) is 2. The minimum Gasteiger partial charge on any atom is -0.345 e. The van der Waals surface area contributed by atoms with Crippen molar-refractivity contribution in [3.8, 4) is 11.4 Å². The number of nitrogens with one attached hydrogen (secondary N) is 1. The smallest absolute Gasteiger partial charge is 0.254 e. The number of carbonyl (C=O) groups is 1. The van der Waals surface area contributed by atoms with Crippen LogP contribution in [0.2, 0.25) is 0 Å². The molecule has 2 heterocycles. The summed E-state index contributed by atoms with van der Waals surface area (Å²) in [5, 5.41) is 0. The topological polar surface area (TPSA) is 75.0 Å². The molecule has 0 radical (unpaired) electrons. The summed E-state index contributed by atoms with van der Waals surface area (Å²) < 4.78 is 0. The molecule has 0 unspecified atom stereocenters. The molecule has 3 N–H and O–H groups in total. The molecule has 1 fully saturated rings. The number of hydrogen-bond donors (Lipinski definition) is 2. The van der Waals surface area contributed by atoms with Crippen molar-refractivity contribution >= 4 is 5.91 Å². The van der Waals surface area contributed by atoms with Crippen LogP contribution in [-0.2, 0) is 0 Å². The fraction of sp³-hybridized carbons (Fsp3) is 0.200. The zero-order valence-corrected chi connectivity index (χ0v) is 13.8. The number of imidazole rings is 1. The van der Waals surface area contributed by atoms with Crippen molar-refractivity contribution in [2.75, 3.05) is 13.1 Å². The Balaban J connectivity index is 1.61. The third kappa shape index (κ3) is 2.94. The van der Waals surface area contributed by atoms with E-state index in [0.717, 1.165) is 5.56 Å². The summed E-state index contributed by atoms with van der Waals surface area (Å²) in [6, 6.07) is 17.7. The molecule has 0 spiro atoms. The van der Waals surface area contributed by atoms with E-state index >= 15 is 0 Å². The second-order valence-corrected chi connectivity index (χ2v) is 6.37. The van der Waals surface area contributed by atoms with Gasteiger partial charge in [0.15, 0.2) is 0 Å². The van der Waals surface area contributed by atoms with Crippen molar-refractivity contribution in [1.82, 2.24) is 14.9 Å². The van der Waals surface area contributed by atoms with E-state index in [0.29, 0.717) is 24.5 Å². The molecule has 1 aromatic heterocycles. The van der Waals surface area contributed by atoms with Crippen molar-refractivity contribution in [2.24, 2.45) is 5.73 Å². The third-order valence-electron chi connectivity index (χ3n) is 4.79. The van der Waals surface area contributed by atoms with Gasteiger partial charge in [-0.25, -0.2) is 4.98 Å². The quantitative estimate of drug-likeness (QED) is 0.774. The van der Waals surface area contributed by atoms with Crippen molar-refractivity contribution in [2.45, 2.75) is 12.0 Å². The predicted molar refractivity (Wildman–Crippen MR) is 97.1 cm³/mol. The summed E-state index contributed by atoms with van der Waals surface area (Å²) in [4.78, 5) is 22.3. The van der Waals surface area contributed by atoms with Crippen LogP contribution in [-0.4, -0.2) is 39.9 Å². The molecule has 1 amide bonds. The highest BCUT2D eigenvalue weighted by atomic mass is 16.2. The van der Waals surface area contributed by atoms with Crippen LogP contribution in [0.4, 0.5) is 0 Å². The van der Waals surface area contributed by atoms with Gasteiger partial charge in [0.1, 0.15) is 5.82 Å². The number of hydrogen-bond acceptors (Lipinski definition) is 3. The second-order valence-electron chi connectivity index (χ2n) is 6.37. The van der Waals surface area contributed by atoms with Gasteiger partial charge in [0.2, 0.25) is 0 Å². The van der Waals surface area contributed by atoms with Gasteiger partial charge in [-0.2, -0.15) is 0 Å². The summed E-state index contributed by atoms with van der Waals surface area (Å²) in [6.07, 6.45) is 3.45. The average Bonchev–Trinajstić information content (AvgIpc) is 3.32. The lowest BCUT2D eigenvalue weighted by Gasteiger charge is -2.18. The zero-order valence-electron chi connectivity index (χ0n) is 13.8. The normalized spacial score (nSPS) is 20.0. The van der Waals surface area contributed by atoms with Crippen LogP contribution in [0.1, 0.15) is 21.8 Å². The van der Waals surface area contributed by atoms with Crippen LogP contribution in [0.15, 0.2) is 67.0 Å². The lowest BCUT2D eigenvalue weighted by molar-refractivity contribution is 0.0790. The monoisotopic (exact) mass is 332 g/mol. The molecule has 3 aromatic rings. The zero-order chi connectivity index (χ0) is 17.2. The third-order valence-corrected chi connectivity index (χ3v) is 4.79. The Bertz CT molecular complexity index is 860. The van der Waals surface area contributed by atoms with E-state index in [1.807, 2.05) is 47.4 Å². The SMILES string of the molecule is N[C@H]1CN(C(=O)c2ccccc2-c2ncc[nH]2)C[C@@H]1c1ccccc1. The Hall–Kier alpha value is -2.92. The van der Waals surface area contributed by atoms with Crippen molar-refractivity contribution in [3.63, 3.8) is 0 Å². The molecule has 1 aliphatic heterocycles. The molecule has 126 valence electrons. The van der Waals surface area contributed by atoms with Crippen molar-refractivity contribution < 1.29 is 4.79 Å². The van der Waals surface area contributed by atoms with E-state index in [1.165, 1.54) is 5.56 Å². The van der Waals surface area contributed by atoms with Gasteiger partial charge >= 0.3 is 0 Å². The standard InChI is InChI=1S/C20H20N4O/c21-18-13-24(12-17(18)14-6-2-1-3-7-14)20(25)16-9-5-4-8-15(16)19-22-10-11-23-19/h1-11,17-18H,12-13,21H2,(H,22,23)/t17-,18+/m1/s1. The van der Waals surface area contributed by atoms with Crippen LogP contribution in [0.25, 0.3) is 11.4 Å². The van der Waals surface area contributed by atoms with E-state index < -0.39 is 0 Å². The number of amides is 1. The average molecular weight is 332 g/mol. The summed E-state index contributed by atoms with van der Waals surface area (Å²) >= 11 is 0. The first-order valence-electron chi connectivity index (χ1n) is 8.42. The highest BCUT2D eigenvalue weighted by molar-refractivity contribution is 6.00. The van der Waals surface area contributed by atoms with Crippen LogP contribution >= 0.6 is 0 Å². The fourth-order valence-electron chi connectivity index (χ4n) is 3.51. The number of nitrogens with two attached hydrogens (primary N) is 1. The molecule has 1 aliphatic rings. The van der Waals surface area contributed by atoms with Crippen LogP contribution in [0.3, 0.4) is 0 Å². The van der Waals surface area contributed by atoms with Gasteiger partial charge < -0.3 is 15.6 Å². The molecular formula is C20H20N4O. The Labute approximate surface area is 146 Å². The molecule has 1 saturated heterocycles. The van der Waals surface area contributed by atoms with Gasteiger partial charge in [-0.15, -0.1) is 0 Å². The lowest BCUT2D eigenvalue weighted by Crippen LogP contribution is -2.32. The number of carbonyl (C=O) groups excluding carboxylic acids is 1. The summed E-state index contributed by atoms with van der Waals surface area (Å²) in [5.74, 6) is 0.869. The molecule has 2 atom stereocenters. The Morgan fingerprint density at radius 2 is 1.84 bits per heavy atom. The van der Waals surface area contributed by atoms with Crippen molar-refractivity contribution in [3.05, 3.63) is 78.1 Å². The molecular weight excluding hydrogens is 312 g/mol. The molecule has 0 bridgehead atoms. The Morgan fingerprint density at radius 3 is 2.60 bits per heavy atom. The number of likely N-dealkylation sites (tertiary alicyclic amines) is 1. The maximum Gasteiger partial charge on any atom is 0.254 e. The van der Waals surface area contributed by atoms with E-state index in [4.69, 9.17) is 5.73 Å². The van der Waals surface area contributed by atoms with E-state index in [1.54, 1.807) is 12.4 Å². The highest BCUT2D eigenvalue weighted by Crippen LogP contribution is 2.29. The number of aromatic nitrogens is 2. The van der Waals surface area contributed by atoms with Gasteiger partial charge in [-0.3, -0.25) is 4.79 Å². The van der Waals surface area contributed by atoms with Crippen LogP contribution in [0.5, 0.6) is 0 Å². The van der Waals surface area contributed by atoms with Gasteiger partial charge in [0.25, 0.3) is 5.91 Å². The van der Waals surface area contributed by atoms with E-state index in [9.17, 15) is 4.79 Å². The Morgan fingerprint density at radius 1 is 1.08 bits per heavy atom. The summed E-state index contributed by atoms with van der Waals surface area (Å²) in [5.41, 5.74) is 8.99. The number of aromatic amines is 1. The first-order valence-corrected chi connectivity index (χ1v) is 8.42. The lowest BCUT2D eigenvalue weighted by atomic mass is 9.95. The van der Waals surface area contributed by atoms with Gasteiger partial charge in [-0.1, -0.05) is 48.5 Å². The Kier molecular flexibility index (Phi) is 4.07. The number of benzene rings is 2. The van der Waals surface area contributed by atoms with Gasteiger partial charge in [0.05, 0.1) is 5.56 Å². The van der Waals surface area contributed by atoms with E-state index in [-0.39, 0.29) is 17.9 Å². The maximum atomic E-state index is 13.1. The van der Waals surface area contributed by atoms with Gasteiger partial charge in [-0.05, 0) is 11.6 Å². The molecule has 0 saturated carbocycles. The van der Waals surface area contributed by atoms with Crippen LogP contribution < -0.4 is 5.73 Å². The second kappa shape index (κ2) is 6.53.